The molecular formula is C16H18N4O3. The molecule has 3 heterocycles. The highest BCUT2D eigenvalue weighted by Crippen LogP contribution is 2.24. The quantitative estimate of drug-likeness (QED) is 0.837. The van der Waals surface area contributed by atoms with Gasteiger partial charge in [-0.1, -0.05) is 0 Å². The van der Waals surface area contributed by atoms with Gasteiger partial charge < -0.3 is 19.5 Å². The summed E-state index contributed by atoms with van der Waals surface area (Å²) in [5.74, 6) is -0.0502. The lowest BCUT2D eigenvalue weighted by molar-refractivity contribution is -0.159. The molecule has 2 amide bonds. The number of hydrogen-bond donors (Lipinski definition) is 1. The van der Waals surface area contributed by atoms with E-state index in [2.05, 4.69) is 9.97 Å². The van der Waals surface area contributed by atoms with Gasteiger partial charge in [-0.25, -0.2) is 4.98 Å². The van der Waals surface area contributed by atoms with E-state index >= 15 is 0 Å². The largest absolute Gasteiger partial charge is 0.366 e. The van der Waals surface area contributed by atoms with Crippen molar-refractivity contribution in [2.45, 2.75) is 18.6 Å². The number of hydrogen-bond acceptors (Lipinski definition) is 4. The molecular weight excluding hydrogens is 296 g/mol. The second kappa shape index (κ2) is 5.34. The van der Waals surface area contributed by atoms with Crippen LogP contribution in [0.4, 0.5) is 0 Å². The third-order valence-electron chi connectivity index (χ3n) is 4.79. The Bertz CT molecular complexity index is 772. The van der Waals surface area contributed by atoms with Gasteiger partial charge in [-0.15, -0.1) is 0 Å². The summed E-state index contributed by atoms with van der Waals surface area (Å²) >= 11 is 0. The summed E-state index contributed by atoms with van der Waals surface area (Å²) in [4.78, 5) is 35.3. The van der Waals surface area contributed by atoms with Crippen LogP contribution in [0, 0.1) is 0 Å². The number of likely N-dealkylation sites (N-methyl/N-ethyl adjacent to an activating group) is 1. The molecule has 0 spiro atoms. The Labute approximate surface area is 133 Å². The summed E-state index contributed by atoms with van der Waals surface area (Å²) < 4.78 is 5.60. The number of aromatic nitrogens is 2. The highest BCUT2D eigenvalue weighted by molar-refractivity contribution is 5.97. The Morgan fingerprint density at radius 1 is 1.43 bits per heavy atom. The van der Waals surface area contributed by atoms with Gasteiger partial charge in [0.25, 0.3) is 5.91 Å². The Morgan fingerprint density at radius 3 is 3.17 bits per heavy atom. The number of nitrogens with one attached hydrogen (secondary N) is 1. The van der Waals surface area contributed by atoms with Gasteiger partial charge in [0, 0.05) is 25.7 Å². The summed E-state index contributed by atoms with van der Waals surface area (Å²) in [6.45, 7) is 1.29. The van der Waals surface area contributed by atoms with E-state index in [1.165, 1.54) is 0 Å². The van der Waals surface area contributed by atoms with Gasteiger partial charge >= 0.3 is 0 Å². The number of ether oxygens (including phenoxy) is 1. The van der Waals surface area contributed by atoms with E-state index in [9.17, 15) is 9.59 Å². The summed E-state index contributed by atoms with van der Waals surface area (Å²) in [6.07, 6.45) is 2.39. The first-order valence-electron chi connectivity index (χ1n) is 7.73. The van der Waals surface area contributed by atoms with Crippen LogP contribution in [0.2, 0.25) is 0 Å². The third kappa shape index (κ3) is 2.37. The van der Waals surface area contributed by atoms with E-state index in [0.29, 0.717) is 18.7 Å². The number of carbonyl (C=O) groups excluding carboxylic acids is 2. The number of benzene rings is 1. The molecule has 120 valence electrons. The number of likely N-dealkylation sites (tertiary alicyclic amines) is 1. The molecule has 2 aliphatic heterocycles. The SMILES string of the molecule is CN1C(=O)CO[C@@H]2CCN(C(=O)c3ccc4nc[nH]c4c3)C[C@@H]21. The van der Waals surface area contributed by atoms with Crippen LogP contribution >= 0.6 is 0 Å². The van der Waals surface area contributed by atoms with Gasteiger partial charge in [-0.05, 0) is 24.6 Å². The van der Waals surface area contributed by atoms with Crippen LogP contribution < -0.4 is 0 Å². The summed E-state index contributed by atoms with van der Waals surface area (Å²) in [5.41, 5.74) is 2.32. The van der Waals surface area contributed by atoms with Crippen molar-refractivity contribution < 1.29 is 14.3 Å². The molecule has 0 aliphatic carbocycles. The smallest absolute Gasteiger partial charge is 0.254 e. The van der Waals surface area contributed by atoms with Crippen molar-refractivity contribution in [1.82, 2.24) is 19.8 Å². The first-order valence-corrected chi connectivity index (χ1v) is 7.73. The molecule has 0 radical (unpaired) electrons. The molecule has 4 rings (SSSR count). The van der Waals surface area contributed by atoms with Gasteiger partial charge in [0.2, 0.25) is 5.91 Å². The van der Waals surface area contributed by atoms with Crippen LogP contribution in [0.5, 0.6) is 0 Å². The van der Waals surface area contributed by atoms with E-state index in [-0.39, 0.29) is 30.6 Å². The molecule has 2 fully saturated rings. The number of fused-ring (bicyclic) bond motifs is 2. The molecule has 23 heavy (non-hydrogen) atoms. The van der Waals surface area contributed by atoms with E-state index in [4.69, 9.17) is 4.74 Å². The molecule has 2 saturated heterocycles. The molecule has 7 nitrogen and oxygen atoms in total. The Hall–Kier alpha value is -2.41. The minimum Gasteiger partial charge on any atom is -0.366 e. The van der Waals surface area contributed by atoms with Gasteiger partial charge in [0.05, 0.1) is 29.5 Å². The van der Waals surface area contributed by atoms with Crippen molar-refractivity contribution in [2.24, 2.45) is 0 Å². The molecule has 0 saturated carbocycles. The first-order chi connectivity index (χ1) is 11.1. The van der Waals surface area contributed by atoms with Crippen molar-refractivity contribution in [1.29, 1.82) is 0 Å². The van der Waals surface area contributed by atoms with Crippen LogP contribution in [0.3, 0.4) is 0 Å². The molecule has 2 aliphatic rings. The number of imidazole rings is 1. The zero-order chi connectivity index (χ0) is 16.0. The van der Waals surface area contributed by atoms with E-state index in [1.54, 1.807) is 29.2 Å². The fourth-order valence-electron chi connectivity index (χ4n) is 3.38. The van der Waals surface area contributed by atoms with Crippen LogP contribution in [0.25, 0.3) is 11.0 Å². The minimum atomic E-state index is -0.0650. The molecule has 1 aromatic heterocycles. The van der Waals surface area contributed by atoms with Crippen molar-refractivity contribution in [3.63, 3.8) is 0 Å². The van der Waals surface area contributed by atoms with Gasteiger partial charge in [-0.3, -0.25) is 9.59 Å². The maximum absolute atomic E-state index is 12.8. The Balaban J connectivity index is 1.55. The van der Waals surface area contributed by atoms with Crippen LogP contribution in [0.15, 0.2) is 24.5 Å². The first kappa shape index (κ1) is 14.2. The zero-order valence-corrected chi connectivity index (χ0v) is 12.9. The van der Waals surface area contributed by atoms with E-state index < -0.39 is 0 Å². The molecule has 7 heteroatoms. The van der Waals surface area contributed by atoms with E-state index in [1.807, 2.05) is 12.1 Å². The highest BCUT2D eigenvalue weighted by atomic mass is 16.5. The number of rotatable bonds is 1. The number of amides is 2. The predicted molar refractivity (Wildman–Crippen MR) is 82.9 cm³/mol. The summed E-state index contributed by atoms with van der Waals surface area (Å²) in [5, 5.41) is 0. The number of H-pyrrole nitrogens is 1. The molecule has 0 bridgehead atoms. The second-order valence-electron chi connectivity index (χ2n) is 6.10. The van der Waals surface area contributed by atoms with Crippen molar-refractivity contribution >= 4 is 22.8 Å². The van der Waals surface area contributed by atoms with Crippen LogP contribution in [0.1, 0.15) is 16.8 Å². The lowest BCUT2D eigenvalue weighted by Gasteiger charge is -2.45. The van der Waals surface area contributed by atoms with Crippen LogP contribution in [-0.4, -0.2) is 70.5 Å². The van der Waals surface area contributed by atoms with Crippen molar-refractivity contribution in [3.8, 4) is 0 Å². The molecule has 0 unspecified atom stereocenters. The highest BCUT2D eigenvalue weighted by Gasteiger charge is 2.39. The third-order valence-corrected chi connectivity index (χ3v) is 4.79. The molecule has 1 N–H and O–H groups in total. The Morgan fingerprint density at radius 2 is 2.30 bits per heavy atom. The number of aromatic amines is 1. The van der Waals surface area contributed by atoms with Crippen molar-refractivity contribution in [3.05, 3.63) is 30.1 Å². The van der Waals surface area contributed by atoms with Gasteiger partial charge in [0.1, 0.15) is 6.61 Å². The molecule has 2 aromatic rings. The average Bonchev–Trinajstić information content (AvgIpc) is 3.05. The number of piperidine rings is 1. The van der Waals surface area contributed by atoms with Crippen molar-refractivity contribution in [2.75, 3.05) is 26.7 Å². The lowest BCUT2D eigenvalue weighted by Crippen LogP contribution is -2.61. The van der Waals surface area contributed by atoms with E-state index in [0.717, 1.165) is 17.5 Å². The summed E-state index contributed by atoms with van der Waals surface area (Å²) in [6, 6.07) is 5.39. The molecule has 1 aromatic carbocycles. The average molecular weight is 314 g/mol. The minimum absolute atomic E-state index is 0.0219. The predicted octanol–water partition coefficient (Wildman–Crippen LogP) is 0.635. The number of nitrogens with zero attached hydrogens (tertiary/aromatic N) is 3. The normalized spacial score (nSPS) is 24.8. The lowest BCUT2D eigenvalue weighted by atomic mass is 9.98. The fraction of sp³-hybridized carbons (Fsp3) is 0.438. The van der Waals surface area contributed by atoms with Crippen LogP contribution in [-0.2, 0) is 9.53 Å². The standard InChI is InChI=1S/C16H18N4O3/c1-19-13-7-20(5-4-14(13)23-8-15(19)21)16(22)10-2-3-11-12(6-10)18-9-17-11/h2-3,6,9,13-14H,4-5,7-8H2,1H3,(H,17,18)/t13-,14+/m0/s1. The summed E-state index contributed by atoms with van der Waals surface area (Å²) in [7, 11) is 1.78. The van der Waals surface area contributed by atoms with Gasteiger partial charge in [0.15, 0.2) is 0 Å². The number of carbonyl (C=O) groups is 2. The second-order valence-corrected chi connectivity index (χ2v) is 6.10. The molecule has 2 atom stereocenters. The zero-order valence-electron chi connectivity index (χ0n) is 12.9. The Kier molecular flexibility index (Phi) is 3.30. The monoisotopic (exact) mass is 314 g/mol. The van der Waals surface area contributed by atoms with Gasteiger partial charge in [-0.2, -0.15) is 0 Å². The number of morpholine rings is 1. The topological polar surface area (TPSA) is 78.5 Å². The maximum atomic E-state index is 12.8. The fourth-order valence-corrected chi connectivity index (χ4v) is 3.38. The maximum Gasteiger partial charge on any atom is 0.254 e.